The van der Waals surface area contributed by atoms with Gasteiger partial charge in [0.2, 0.25) is 5.91 Å². The summed E-state index contributed by atoms with van der Waals surface area (Å²) in [6.07, 6.45) is 3.56. The summed E-state index contributed by atoms with van der Waals surface area (Å²) in [6, 6.07) is 5.95. The van der Waals surface area contributed by atoms with Crippen LogP contribution in [0.25, 0.3) is 0 Å². The largest absolute Gasteiger partial charge is 0.379 e. The van der Waals surface area contributed by atoms with Crippen LogP contribution in [0.15, 0.2) is 29.3 Å². The molecule has 1 heterocycles. The fourth-order valence-electron chi connectivity index (χ4n) is 2.92. The van der Waals surface area contributed by atoms with E-state index in [4.69, 9.17) is 9.47 Å². The number of hydrogen-bond acceptors (Lipinski definition) is 4. The molecule has 0 spiro atoms. The fraction of sp³-hybridized carbons (Fsp3) is 0.619. The smallest absolute Gasteiger partial charge is 0.224 e. The van der Waals surface area contributed by atoms with Gasteiger partial charge in [-0.15, -0.1) is 0 Å². The zero-order chi connectivity index (χ0) is 20.7. The molecule has 1 aromatic rings. The fourth-order valence-corrected chi connectivity index (χ4v) is 2.92. The third kappa shape index (κ3) is 10.2. The first-order valence-corrected chi connectivity index (χ1v) is 10.4. The van der Waals surface area contributed by atoms with Crippen LogP contribution in [0, 0.1) is 5.82 Å². The van der Waals surface area contributed by atoms with E-state index in [2.05, 4.69) is 20.9 Å². The van der Waals surface area contributed by atoms with Crippen LogP contribution in [0.3, 0.4) is 0 Å². The second-order valence-corrected chi connectivity index (χ2v) is 6.90. The maximum absolute atomic E-state index is 12.9. The minimum atomic E-state index is -0.303. The number of benzene rings is 1. The van der Waals surface area contributed by atoms with E-state index < -0.39 is 0 Å². The molecule has 1 aliphatic rings. The van der Waals surface area contributed by atoms with E-state index in [0.717, 1.165) is 43.9 Å². The Morgan fingerprint density at radius 2 is 2.03 bits per heavy atom. The van der Waals surface area contributed by atoms with Crippen LogP contribution in [0.2, 0.25) is 0 Å². The Hall–Kier alpha value is -2.19. The minimum absolute atomic E-state index is 0.0938. The number of carbonyl (C=O) groups is 1. The summed E-state index contributed by atoms with van der Waals surface area (Å²) >= 11 is 0. The van der Waals surface area contributed by atoms with Crippen LogP contribution >= 0.6 is 0 Å². The molecule has 3 N–H and O–H groups in total. The lowest BCUT2D eigenvalue weighted by molar-refractivity contribution is -0.120. The molecular formula is C21H33FN4O3. The minimum Gasteiger partial charge on any atom is -0.379 e. The Bertz CT molecular complexity index is 619. The van der Waals surface area contributed by atoms with Crippen molar-refractivity contribution >= 4 is 11.9 Å². The number of nitrogens with zero attached hydrogens (tertiary/aromatic N) is 1. The van der Waals surface area contributed by atoms with E-state index in [1.54, 1.807) is 12.1 Å². The number of halogens is 1. The number of aliphatic imine (C=N–C) groups is 1. The molecule has 1 unspecified atom stereocenters. The van der Waals surface area contributed by atoms with Crippen LogP contribution in [-0.2, 0) is 20.7 Å². The number of hydrogen-bond donors (Lipinski definition) is 3. The summed E-state index contributed by atoms with van der Waals surface area (Å²) in [6.45, 7) is 6.67. The lowest BCUT2D eigenvalue weighted by Crippen LogP contribution is -2.41. The van der Waals surface area contributed by atoms with E-state index in [9.17, 15) is 9.18 Å². The first-order valence-electron chi connectivity index (χ1n) is 10.4. The zero-order valence-electron chi connectivity index (χ0n) is 17.2. The highest BCUT2D eigenvalue weighted by Crippen LogP contribution is 2.11. The summed E-state index contributed by atoms with van der Waals surface area (Å²) in [5.41, 5.74) is 0.786. The molecule has 0 bridgehead atoms. The summed E-state index contributed by atoms with van der Waals surface area (Å²) in [7, 11) is 0. The molecule has 0 saturated carbocycles. The third-order valence-corrected chi connectivity index (χ3v) is 4.41. The van der Waals surface area contributed by atoms with Crippen LogP contribution in [0.5, 0.6) is 0 Å². The van der Waals surface area contributed by atoms with E-state index in [0.29, 0.717) is 32.8 Å². The molecule has 1 saturated heterocycles. The van der Waals surface area contributed by atoms with Gasteiger partial charge in [-0.3, -0.25) is 9.79 Å². The Morgan fingerprint density at radius 3 is 2.76 bits per heavy atom. The molecule has 1 atom stereocenters. The molecule has 1 fully saturated rings. The van der Waals surface area contributed by atoms with Crippen LogP contribution in [-0.4, -0.2) is 64.0 Å². The van der Waals surface area contributed by atoms with Crippen molar-refractivity contribution in [2.24, 2.45) is 4.99 Å². The lowest BCUT2D eigenvalue weighted by Gasteiger charge is -2.12. The van der Waals surface area contributed by atoms with Gasteiger partial charge in [-0.2, -0.15) is 0 Å². The van der Waals surface area contributed by atoms with Gasteiger partial charge in [0.15, 0.2) is 5.96 Å². The zero-order valence-corrected chi connectivity index (χ0v) is 17.2. The molecule has 162 valence electrons. The van der Waals surface area contributed by atoms with Crippen molar-refractivity contribution < 1.29 is 18.7 Å². The highest BCUT2D eigenvalue weighted by molar-refractivity contribution is 5.80. The number of rotatable bonds is 12. The van der Waals surface area contributed by atoms with Gasteiger partial charge >= 0.3 is 0 Å². The van der Waals surface area contributed by atoms with Crippen LogP contribution in [0.4, 0.5) is 4.39 Å². The summed E-state index contributed by atoms with van der Waals surface area (Å²) in [5.74, 6) is 0.325. The molecule has 1 aromatic carbocycles. The Balaban J connectivity index is 1.55. The quantitative estimate of drug-likeness (QED) is 0.278. The molecule has 1 amide bonds. The first-order chi connectivity index (χ1) is 14.2. The van der Waals surface area contributed by atoms with Crippen molar-refractivity contribution in [1.82, 2.24) is 16.0 Å². The van der Waals surface area contributed by atoms with Crippen molar-refractivity contribution in [2.75, 3.05) is 46.0 Å². The molecule has 0 aromatic heterocycles. The maximum Gasteiger partial charge on any atom is 0.224 e. The standard InChI is InChI=1S/C21H33FN4O3/c1-2-23-21(25-10-4-13-28-16-19-5-3-14-29-19)26-12-11-24-20(27)15-17-6-8-18(22)9-7-17/h6-9,19H,2-5,10-16H2,1H3,(H,24,27)(H2,23,25,26). The summed E-state index contributed by atoms with van der Waals surface area (Å²) in [5, 5.41) is 9.22. The summed E-state index contributed by atoms with van der Waals surface area (Å²) < 4.78 is 24.0. The SMILES string of the molecule is CCNC(=NCCCOCC1CCCO1)NCCNC(=O)Cc1ccc(F)cc1. The summed E-state index contributed by atoms with van der Waals surface area (Å²) in [4.78, 5) is 16.4. The molecule has 0 aliphatic carbocycles. The monoisotopic (exact) mass is 408 g/mol. The molecule has 7 nitrogen and oxygen atoms in total. The van der Waals surface area contributed by atoms with Gasteiger partial charge in [0.25, 0.3) is 0 Å². The lowest BCUT2D eigenvalue weighted by atomic mass is 10.1. The van der Waals surface area contributed by atoms with Crippen molar-refractivity contribution in [3.8, 4) is 0 Å². The first kappa shape index (κ1) is 23.1. The number of carbonyl (C=O) groups excluding carboxylic acids is 1. The van der Waals surface area contributed by atoms with Crippen LogP contribution < -0.4 is 16.0 Å². The van der Waals surface area contributed by atoms with Gasteiger partial charge in [-0.05, 0) is 43.9 Å². The molecular weight excluding hydrogens is 375 g/mol. The Morgan fingerprint density at radius 1 is 1.24 bits per heavy atom. The predicted octanol–water partition coefficient (Wildman–Crippen LogP) is 1.63. The van der Waals surface area contributed by atoms with E-state index in [-0.39, 0.29) is 24.2 Å². The molecule has 0 radical (unpaired) electrons. The van der Waals surface area contributed by atoms with Gasteiger partial charge in [0.05, 0.1) is 19.1 Å². The van der Waals surface area contributed by atoms with Crippen molar-refractivity contribution in [1.29, 1.82) is 0 Å². The second-order valence-electron chi connectivity index (χ2n) is 6.90. The normalized spacial score (nSPS) is 16.6. The topological polar surface area (TPSA) is 84.0 Å². The van der Waals surface area contributed by atoms with E-state index in [1.165, 1.54) is 12.1 Å². The van der Waals surface area contributed by atoms with Gasteiger partial charge in [0.1, 0.15) is 5.82 Å². The van der Waals surface area contributed by atoms with Gasteiger partial charge in [-0.25, -0.2) is 4.39 Å². The Kier molecular flexibility index (Phi) is 11.1. The van der Waals surface area contributed by atoms with E-state index in [1.807, 2.05) is 6.92 Å². The molecule has 1 aliphatic heterocycles. The van der Waals surface area contributed by atoms with Crippen molar-refractivity contribution in [3.05, 3.63) is 35.6 Å². The van der Waals surface area contributed by atoms with Gasteiger partial charge in [-0.1, -0.05) is 12.1 Å². The molecule has 29 heavy (non-hydrogen) atoms. The number of guanidine groups is 1. The molecule has 8 heteroatoms. The predicted molar refractivity (Wildman–Crippen MR) is 112 cm³/mol. The van der Waals surface area contributed by atoms with Crippen LogP contribution in [0.1, 0.15) is 31.7 Å². The van der Waals surface area contributed by atoms with Gasteiger partial charge < -0.3 is 25.4 Å². The number of amides is 1. The molecule has 2 rings (SSSR count). The number of nitrogens with one attached hydrogen (secondary N) is 3. The average Bonchev–Trinajstić information content (AvgIpc) is 3.23. The van der Waals surface area contributed by atoms with Crippen molar-refractivity contribution in [2.45, 2.75) is 38.7 Å². The number of ether oxygens (including phenoxy) is 2. The average molecular weight is 409 g/mol. The Labute approximate surface area is 172 Å². The van der Waals surface area contributed by atoms with E-state index >= 15 is 0 Å². The van der Waals surface area contributed by atoms with Crippen molar-refractivity contribution in [3.63, 3.8) is 0 Å². The second kappa shape index (κ2) is 13.9. The maximum atomic E-state index is 12.9. The highest BCUT2D eigenvalue weighted by atomic mass is 19.1. The highest BCUT2D eigenvalue weighted by Gasteiger charge is 2.14. The van der Waals surface area contributed by atoms with Gasteiger partial charge in [0, 0.05) is 39.4 Å². The third-order valence-electron chi connectivity index (χ3n) is 4.41.